The quantitative estimate of drug-likeness (QED) is 0.742. The summed E-state index contributed by atoms with van der Waals surface area (Å²) >= 11 is 2.05. The molecule has 2 unspecified atom stereocenters. The van der Waals surface area contributed by atoms with Gasteiger partial charge >= 0.3 is 5.97 Å². The third-order valence-electron chi connectivity index (χ3n) is 2.52. The zero-order valence-electron chi connectivity index (χ0n) is 10.6. The van der Waals surface area contributed by atoms with E-state index in [9.17, 15) is 19.8 Å². The first kappa shape index (κ1) is 16.2. The molecule has 0 aliphatic carbocycles. The van der Waals surface area contributed by atoms with Crippen LogP contribution in [-0.2, 0) is 4.79 Å². The highest BCUT2D eigenvalue weighted by molar-refractivity contribution is 8.13. The van der Waals surface area contributed by atoms with Crippen molar-refractivity contribution >= 4 is 34.2 Å². The van der Waals surface area contributed by atoms with Gasteiger partial charge in [-0.25, -0.2) is 4.79 Å². The van der Waals surface area contributed by atoms with Gasteiger partial charge < -0.3 is 15.3 Å². The summed E-state index contributed by atoms with van der Waals surface area (Å²) < 4.78 is 0. The highest BCUT2D eigenvalue weighted by atomic mass is 32.2. The highest BCUT2D eigenvalue weighted by Crippen LogP contribution is 2.31. The molecule has 0 saturated heterocycles. The fraction of sp³-hybridized carbons (Fsp3) is 0.500. The van der Waals surface area contributed by atoms with E-state index < -0.39 is 18.2 Å². The molecule has 0 amide bonds. The van der Waals surface area contributed by atoms with Crippen molar-refractivity contribution in [2.24, 2.45) is 0 Å². The first-order chi connectivity index (χ1) is 8.82. The third-order valence-corrected chi connectivity index (χ3v) is 4.66. The predicted molar refractivity (Wildman–Crippen MR) is 74.7 cm³/mol. The Bertz CT molecular complexity index is 469. The molecule has 0 spiro atoms. The summed E-state index contributed by atoms with van der Waals surface area (Å²) in [5.41, 5.74) is 0.646. The average molecular weight is 304 g/mol. The van der Waals surface area contributed by atoms with Crippen LogP contribution in [0.15, 0.2) is 6.07 Å². The lowest BCUT2D eigenvalue weighted by Gasteiger charge is -2.17. The summed E-state index contributed by atoms with van der Waals surface area (Å²) in [5, 5.41) is 28.7. The maximum atomic E-state index is 10.8. The Hall–Kier alpha value is -0.890. The van der Waals surface area contributed by atoms with Crippen molar-refractivity contribution in [3.63, 3.8) is 0 Å². The lowest BCUT2D eigenvalue weighted by atomic mass is 10.1. The molecule has 0 fully saturated rings. The number of hydrogen-bond donors (Lipinski definition) is 3. The second kappa shape index (κ2) is 7.04. The van der Waals surface area contributed by atoms with Gasteiger partial charge in [0.2, 0.25) is 0 Å². The van der Waals surface area contributed by atoms with Crippen molar-refractivity contribution < 1.29 is 24.9 Å². The number of thioether (sulfide) groups is 1. The van der Waals surface area contributed by atoms with Crippen LogP contribution in [0.4, 0.5) is 0 Å². The lowest BCUT2D eigenvalue weighted by Crippen LogP contribution is -2.19. The van der Waals surface area contributed by atoms with Crippen LogP contribution in [0.1, 0.15) is 39.6 Å². The van der Waals surface area contributed by atoms with Crippen LogP contribution >= 0.6 is 23.1 Å². The molecule has 1 aromatic heterocycles. The number of aromatic carboxylic acids is 1. The van der Waals surface area contributed by atoms with Crippen LogP contribution in [0, 0.1) is 6.92 Å². The summed E-state index contributed by atoms with van der Waals surface area (Å²) in [6, 6.07) is 1.47. The molecule has 7 heteroatoms. The summed E-state index contributed by atoms with van der Waals surface area (Å²) in [6.45, 7) is 3.13. The molecule has 3 N–H and O–H groups in total. The summed E-state index contributed by atoms with van der Waals surface area (Å²) in [4.78, 5) is 22.2. The molecule has 0 bridgehead atoms. The van der Waals surface area contributed by atoms with Crippen molar-refractivity contribution in [3.05, 3.63) is 21.4 Å². The Morgan fingerprint density at radius 2 is 2.05 bits per heavy atom. The molecule has 19 heavy (non-hydrogen) atoms. The van der Waals surface area contributed by atoms with E-state index in [1.54, 1.807) is 6.92 Å². The minimum absolute atomic E-state index is 0.0397. The Balaban J connectivity index is 2.68. The maximum absolute atomic E-state index is 10.8. The van der Waals surface area contributed by atoms with E-state index >= 15 is 0 Å². The molecular formula is C12H16O5S2. The van der Waals surface area contributed by atoms with Crippen molar-refractivity contribution in [1.82, 2.24) is 0 Å². The zero-order valence-corrected chi connectivity index (χ0v) is 12.3. The molecule has 1 heterocycles. The van der Waals surface area contributed by atoms with Crippen molar-refractivity contribution in [3.8, 4) is 0 Å². The number of aliphatic hydroxyl groups excluding tert-OH is 2. The van der Waals surface area contributed by atoms with Gasteiger partial charge in [-0.05, 0) is 25.0 Å². The topological polar surface area (TPSA) is 94.8 Å². The van der Waals surface area contributed by atoms with Gasteiger partial charge in [-0.3, -0.25) is 4.79 Å². The number of rotatable bonds is 6. The third kappa shape index (κ3) is 4.61. The van der Waals surface area contributed by atoms with Gasteiger partial charge in [0.05, 0.1) is 6.10 Å². The molecule has 0 aliphatic rings. The van der Waals surface area contributed by atoms with E-state index in [1.807, 2.05) is 0 Å². The zero-order chi connectivity index (χ0) is 14.6. The Morgan fingerprint density at radius 3 is 2.53 bits per heavy atom. The molecule has 0 aliphatic heterocycles. The fourth-order valence-electron chi connectivity index (χ4n) is 1.55. The molecule has 0 aromatic carbocycles. The minimum atomic E-state index is -1.12. The second-order valence-electron chi connectivity index (χ2n) is 4.10. The molecule has 0 radical (unpaired) electrons. The second-order valence-corrected chi connectivity index (χ2v) is 6.46. The van der Waals surface area contributed by atoms with Gasteiger partial charge in [0.25, 0.3) is 0 Å². The average Bonchev–Trinajstić information content (AvgIpc) is 2.70. The van der Waals surface area contributed by atoms with Crippen LogP contribution in [-0.4, -0.2) is 38.3 Å². The SMILES string of the molecule is CC(=O)SCCC(O)C(O)c1sc(C(=O)O)cc1C. The van der Waals surface area contributed by atoms with Gasteiger partial charge in [-0.1, -0.05) is 11.8 Å². The monoisotopic (exact) mass is 304 g/mol. The summed E-state index contributed by atoms with van der Waals surface area (Å²) in [5.74, 6) is -0.628. The molecule has 0 saturated carbocycles. The fourth-order valence-corrected chi connectivity index (χ4v) is 3.26. The summed E-state index contributed by atoms with van der Waals surface area (Å²) in [6.07, 6.45) is -1.86. The van der Waals surface area contributed by atoms with E-state index in [0.29, 0.717) is 16.2 Å². The van der Waals surface area contributed by atoms with Crippen LogP contribution in [0.5, 0.6) is 0 Å². The molecular weight excluding hydrogens is 288 g/mol. The van der Waals surface area contributed by atoms with Crippen LogP contribution in [0.2, 0.25) is 0 Å². The molecule has 5 nitrogen and oxygen atoms in total. The minimum Gasteiger partial charge on any atom is -0.477 e. The van der Waals surface area contributed by atoms with Crippen LogP contribution in [0.25, 0.3) is 0 Å². The van der Waals surface area contributed by atoms with Crippen LogP contribution < -0.4 is 0 Å². The normalized spacial score (nSPS) is 14.1. The molecule has 1 rings (SSSR count). The summed E-state index contributed by atoms with van der Waals surface area (Å²) in [7, 11) is 0. The van der Waals surface area contributed by atoms with E-state index in [0.717, 1.165) is 23.1 Å². The number of thiophene rings is 1. The molecule has 1 aromatic rings. The number of carboxylic acids is 1. The number of carbonyl (C=O) groups is 2. The van der Waals surface area contributed by atoms with Gasteiger partial charge in [0.1, 0.15) is 11.0 Å². The first-order valence-electron chi connectivity index (χ1n) is 5.66. The lowest BCUT2D eigenvalue weighted by molar-refractivity contribution is -0.109. The number of carbonyl (C=O) groups excluding carboxylic acids is 1. The molecule has 106 valence electrons. The number of aryl methyl sites for hydroxylation is 1. The van der Waals surface area contributed by atoms with Gasteiger partial charge in [0, 0.05) is 17.6 Å². The van der Waals surface area contributed by atoms with Crippen LogP contribution in [0.3, 0.4) is 0 Å². The Kier molecular flexibility index (Phi) is 5.99. The Morgan fingerprint density at radius 1 is 1.42 bits per heavy atom. The Labute approximate surface area is 119 Å². The van der Waals surface area contributed by atoms with Crippen molar-refractivity contribution in [1.29, 1.82) is 0 Å². The largest absolute Gasteiger partial charge is 0.477 e. The van der Waals surface area contributed by atoms with E-state index in [-0.39, 0.29) is 16.4 Å². The van der Waals surface area contributed by atoms with Crippen molar-refractivity contribution in [2.45, 2.75) is 32.5 Å². The standard InChI is InChI=1S/C12H16O5S2/c1-6-5-9(12(16)17)19-11(6)10(15)8(14)3-4-18-7(2)13/h5,8,10,14-15H,3-4H2,1-2H3,(H,16,17). The van der Waals surface area contributed by atoms with Gasteiger partial charge in [-0.2, -0.15) is 0 Å². The number of aliphatic hydroxyl groups is 2. The van der Waals surface area contributed by atoms with E-state index in [2.05, 4.69) is 0 Å². The van der Waals surface area contributed by atoms with Crippen molar-refractivity contribution in [2.75, 3.05) is 5.75 Å². The van der Waals surface area contributed by atoms with Gasteiger partial charge in [-0.15, -0.1) is 11.3 Å². The van der Waals surface area contributed by atoms with E-state index in [1.165, 1.54) is 13.0 Å². The highest BCUT2D eigenvalue weighted by Gasteiger charge is 2.23. The van der Waals surface area contributed by atoms with E-state index in [4.69, 9.17) is 5.11 Å². The van der Waals surface area contributed by atoms with Gasteiger partial charge in [0.15, 0.2) is 5.12 Å². The predicted octanol–water partition coefficient (Wildman–Crippen LogP) is 1.82. The number of hydrogen-bond acceptors (Lipinski definition) is 6. The smallest absolute Gasteiger partial charge is 0.345 e. The molecule has 2 atom stereocenters. The maximum Gasteiger partial charge on any atom is 0.345 e. The first-order valence-corrected chi connectivity index (χ1v) is 7.46. The number of carboxylic acid groups (broad SMARTS) is 1.